The van der Waals surface area contributed by atoms with Crippen molar-refractivity contribution in [2.45, 2.75) is 19.4 Å². The summed E-state index contributed by atoms with van der Waals surface area (Å²) in [6.07, 6.45) is 0.311. The number of halogens is 1. The molecule has 2 heterocycles. The first-order valence-electron chi connectivity index (χ1n) is 7.53. The molecular formula is C16H20ClN3O2. The molecule has 2 aliphatic heterocycles. The molecule has 0 bridgehead atoms. The van der Waals surface area contributed by atoms with Gasteiger partial charge in [-0.05, 0) is 24.6 Å². The van der Waals surface area contributed by atoms with Gasteiger partial charge in [-0.15, -0.1) is 0 Å². The van der Waals surface area contributed by atoms with Gasteiger partial charge >= 0.3 is 0 Å². The van der Waals surface area contributed by atoms with Crippen molar-refractivity contribution in [1.82, 2.24) is 9.80 Å². The van der Waals surface area contributed by atoms with Crippen molar-refractivity contribution in [3.8, 4) is 0 Å². The molecule has 0 N–H and O–H groups in total. The molecule has 0 aromatic heterocycles. The van der Waals surface area contributed by atoms with Crippen LogP contribution in [0.1, 0.15) is 12.0 Å². The zero-order valence-electron chi connectivity index (χ0n) is 12.9. The first-order chi connectivity index (χ1) is 10.5. The number of likely N-dealkylation sites (tertiary alicyclic amines) is 1. The molecule has 118 valence electrons. The SMILES string of the molecule is Cc1ccc(Cl)cc1N1CCN(C2CC(=O)N(C)C2=O)CC1. The molecular weight excluding hydrogens is 302 g/mol. The summed E-state index contributed by atoms with van der Waals surface area (Å²) in [6.45, 7) is 5.31. The summed E-state index contributed by atoms with van der Waals surface area (Å²) < 4.78 is 0. The summed E-state index contributed by atoms with van der Waals surface area (Å²) in [5.74, 6) is -0.152. The Kier molecular flexibility index (Phi) is 4.10. The first-order valence-corrected chi connectivity index (χ1v) is 7.90. The molecule has 0 spiro atoms. The summed E-state index contributed by atoms with van der Waals surface area (Å²) >= 11 is 6.09. The van der Waals surface area contributed by atoms with E-state index in [4.69, 9.17) is 11.6 Å². The van der Waals surface area contributed by atoms with Gasteiger partial charge in [0, 0.05) is 43.9 Å². The van der Waals surface area contributed by atoms with Crippen LogP contribution < -0.4 is 4.90 Å². The normalized spacial score (nSPS) is 23.5. The number of amides is 2. The molecule has 0 radical (unpaired) electrons. The zero-order valence-corrected chi connectivity index (χ0v) is 13.6. The number of carbonyl (C=O) groups is 2. The van der Waals surface area contributed by atoms with E-state index in [1.54, 1.807) is 7.05 Å². The molecule has 0 saturated carbocycles. The lowest BCUT2D eigenvalue weighted by Crippen LogP contribution is -2.52. The number of piperazine rings is 1. The number of rotatable bonds is 2. The largest absolute Gasteiger partial charge is 0.369 e. The van der Waals surface area contributed by atoms with Crippen LogP contribution in [0.25, 0.3) is 0 Å². The Morgan fingerprint density at radius 3 is 2.41 bits per heavy atom. The highest BCUT2D eigenvalue weighted by atomic mass is 35.5. The average molecular weight is 322 g/mol. The topological polar surface area (TPSA) is 43.9 Å². The second-order valence-electron chi connectivity index (χ2n) is 5.96. The van der Waals surface area contributed by atoms with E-state index in [0.717, 1.165) is 36.9 Å². The van der Waals surface area contributed by atoms with Gasteiger partial charge in [0.25, 0.3) is 0 Å². The summed E-state index contributed by atoms with van der Waals surface area (Å²) in [5.41, 5.74) is 2.35. The predicted molar refractivity (Wildman–Crippen MR) is 86.2 cm³/mol. The fraction of sp³-hybridized carbons (Fsp3) is 0.500. The highest BCUT2D eigenvalue weighted by Crippen LogP contribution is 2.26. The van der Waals surface area contributed by atoms with Gasteiger partial charge in [0.15, 0.2) is 0 Å². The number of benzene rings is 1. The van der Waals surface area contributed by atoms with Gasteiger partial charge in [-0.1, -0.05) is 17.7 Å². The van der Waals surface area contributed by atoms with Crippen LogP contribution in [0.5, 0.6) is 0 Å². The van der Waals surface area contributed by atoms with Crippen LogP contribution in [-0.4, -0.2) is 60.9 Å². The second kappa shape index (κ2) is 5.89. The Morgan fingerprint density at radius 1 is 1.14 bits per heavy atom. The summed E-state index contributed by atoms with van der Waals surface area (Å²) in [7, 11) is 1.57. The molecule has 3 rings (SSSR count). The third-order valence-electron chi connectivity index (χ3n) is 4.62. The molecule has 5 nitrogen and oxygen atoms in total. The molecule has 2 fully saturated rings. The minimum atomic E-state index is -0.278. The Morgan fingerprint density at radius 2 is 1.82 bits per heavy atom. The van der Waals surface area contributed by atoms with E-state index in [2.05, 4.69) is 16.7 Å². The number of aryl methyl sites for hydroxylation is 1. The minimum Gasteiger partial charge on any atom is -0.369 e. The first kappa shape index (κ1) is 15.3. The molecule has 2 amide bonds. The Hall–Kier alpha value is -1.59. The lowest BCUT2D eigenvalue weighted by molar-refractivity contribution is -0.138. The predicted octanol–water partition coefficient (Wildman–Crippen LogP) is 1.53. The van der Waals surface area contributed by atoms with Gasteiger partial charge in [0.2, 0.25) is 11.8 Å². The monoisotopic (exact) mass is 321 g/mol. The molecule has 6 heteroatoms. The number of carbonyl (C=O) groups excluding carboxylic acids is 2. The minimum absolute atomic E-state index is 0.0719. The standard InChI is InChI=1S/C16H20ClN3O2/c1-11-3-4-12(17)9-13(11)19-5-7-20(8-6-19)14-10-15(21)18(2)16(14)22/h3-4,9,14H,5-8,10H2,1-2H3. The molecule has 1 atom stereocenters. The van der Waals surface area contributed by atoms with Gasteiger partial charge in [-0.25, -0.2) is 0 Å². The van der Waals surface area contributed by atoms with E-state index in [0.29, 0.717) is 6.42 Å². The van der Waals surface area contributed by atoms with Crippen LogP contribution in [-0.2, 0) is 9.59 Å². The van der Waals surface area contributed by atoms with Crippen LogP contribution in [0.15, 0.2) is 18.2 Å². The molecule has 1 aromatic carbocycles. The number of nitrogens with zero attached hydrogens (tertiary/aromatic N) is 3. The van der Waals surface area contributed by atoms with E-state index in [9.17, 15) is 9.59 Å². The molecule has 22 heavy (non-hydrogen) atoms. The van der Waals surface area contributed by atoms with Crippen LogP contribution in [0.3, 0.4) is 0 Å². The fourth-order valence-corrected chi connectivity index (χ4v) is 3.39. The number of likely N-dealkylation sites (N-methyl/N-ethyl adjacent to an activating group) is 1. The van der Waals surface area contributed by atoms with E-state index in [1.807, 2.05) is 18.2 Å². The zero-order chi connectivity index (χ0) is 15.9. The molecule has 2 saturated heterocycles. The second-order valence-corrected chi connectivity index (χ2v) is 6.40. The van der Waals surface area contributed by atoms with Gasteiger partial charge in [0.05, 0.1) is 12.5 Å². The van der Waals surface area contributed by atoms with E-state index < -0.39 is 0 Å². The van der Waals surface area contributed by atoms with E-state index in [1.165, 1.54) is 10.5 Å². The Labute approximate surface area is 135 Å². The maximum Gasteiger partial charge on any atom is 0.246 e. The molecule has 1 aromatic rings. The van der Waals surface area contributed by atoms with Crippen molar-refractivity contribution in [2.24, 2.45) is 0 Å². The van der Waals surface area contributed by atoms with Crippen molar-refractivity contribution in [1.29, 1.82) is 0 Å². The van der Waals surface area contributed by atoms with Crippen molar-refractivity contribution < 1.29 is 9.59 Å². The number of imide groups is 1. The van der Waals surface area contributed by atoms with Crippen LogP contribution in [0, 0.1) is 6.92 Å². The van der Waals surface area contributed by atoms with Crippen molar-refractivity contribution in [2.75, 3.05) is 38.1 Å². The van der Waals surface area contributed by atoms with Gasteiger partial charge < -0.3 is 4.90 Å². The lowest BCUT2D eigenvalue weighted by Gasteiger charge is -2.38. The summed E-state index contributed by atoms with van der Waals surface area (Å²) in [6, 6.07) is 5.64. The highest BCUT2D eigenvalue weighted by molar-refractivity contribution is 6.30. The summed E-state index contributed by atoms with van der Waals surface area (Å²) in [5, 5.41) is 0.737. The van der Waals surface area contributed by atoms with Crippen molar-refractivity contribution in [3.63, 3.8) is 0 Å². The van der Waals surface area contributed by atoms with Crippen molar-refractivity contribution in [3.05, 3.63) is 28.8 Å². The van der Waals surface area contributed by atoms with Gasteiger partial charge in [0.1, 0.15) is 0 Å². The van der Waals surface area contributed by atoms with E-state index >= 15 is 0 Å². The maximum absolute atomic E-state index is 12.1. The quantitative estimate of drug-likeness (QED) is 0.775. The molecule has 0 aliphatic carbocycles. The molecule has 1 unspecified atom stereocenters. The third-order valence-corrected chi connectivity index (χ3v) is 4.86. The van der Waals surface area contributed by atoms with E-state index in [-0.39, 0.29) is 17.9 Å². The van der Waals surface area contributed by atoms with Crippen molar-refractivity contribution >= 4 is 29.1 Å². The Balaban J connectivity index is 1.67. The third kappa shape index (κ3) is 2.71. The maximum atomic E-state index is 12.1. The Bertz CT molecular complexity index is 611. The van der Waals surface area contributed by atoms with Crippen LogP contribution in [0.2, 0.25) is 5.02 Å². The lowest BCUT2D eigenvalue weighted by atomic mass is 10.1. The van der Waals surface area contributed by atoms with Crippen LogP contribution in [0.4, 0.5) is 5.69 Å². The molecule has 2 aliphatic rings. The number of hydrogen-bond acceptors (Lipinski definition) is 4. The number of hydrogen-bond donors (Lipinski definition) is 0. The van der Waals surface area contributed by atoms with Gasteiger partial charge in [-0.3, -0.25) is 19.4 Å². The number of anilines is 1. The highest BCUT2D eigenvalue weighted by Gasteiger charge is 2.40. The summed E-state index contributed by atoms with van der Waals surface area (Å²) in [4.78, 5) is 29.4. The van der Waals surface area contributed by atoms with Gasteiger partial charge in [-0.2, -0.15) is 0 Å². The smallest absolute Gasteiger partial charge is 0.246 e. The van der Waals surface area contributed by atoms with Crippen LogP contribution >= 0.6 is 11.6 Å². The fourth-order valence-electron chi connectivity index (χ4n) is 3.22. The average Bonchev–Trinajstić information content (AvgIpc) is 2.77.